The van der Waals surface area contributed by atoms with Gasteiger partial charge in [0.1, 0.15) is 0 Å². The minimum Gasteiger partial charge on any atom is -0.271 e. The first kappa shape index (κ1) is 12.9. The summed E-state index contributed by atoms with van der Waals surface area (Å²) in [7, 11) is 0. The molecule has 0 aromatic heterocycles. The molecule has 0 radical (unpaired) electrons. The zero-order valence-corrected chi connectivity index (χ0v) is 11.3. The van der Waals surface area contributed by atoms with Gasteiger partial charge >= 0.3 is 0 Å². The Bertz CT molecular complexity index is 348. The third-order valence-electron chi connectivity index (χ3n) is 3.76. The van der Waals surface area contributed by atoms with Crippen molar-refractivity contribution in [3.8, 4) is 0 Å². The van der Waals surface area contributed by atoms with E-state index >= 15 is 0 Å². The van der Waals surface area contributed by atoms with E-state index in [1.54, 1.807) is 11.8 Å². The van der Waals surface area contributed by atoms with Gasteiger partial charge in [-0.15, -0.1) is 11.8 Å². The topological polar surface area (TPSA) is 38.0 Å². The highest BCUT2D eigenvalue weighted by atomic mass is 32.2. The predicted octanol–water partition coefficient (Wildman–Crippen LogP) is 3.49. The average Bonchev–Trinajstić information content (AvgIpc) is 2.89. The molecule has 0 bridgehead atoms. The Labute approximate surface area is 108 Å². The van der Waals surface area contributed by atoms with Crippen molar-refractivity contribution in [2.75, 3.05) is 6.26 Å². The number of nitrogens with two attached hydrogens (primary N) is 1. The van der Waals surface area contributed by atoms with Crippen molar-refractivity contribution in [2.24, 2.45) is 11.8 Å². The second-order valence-electron chi connectivity index (χ2n) is 4.85. The largest absolute Gasteiger partial charge is 0.271 e. The molecule has 0 amide bonds. The lowest BCUT2D eigenvalue weighted by molar-refractivity contribution is 0.397. The van der Waals surface area contributed by atoms with Crippen LogP contribution in [-0.2, 0) is 0 Å². The van der Waals surface area contributed by atoms with Gasteiger partial charge in [-0.25, -0.2) is 0 Å². The highest BCUT2D eigenvalue weighted by Gasteiger charge is 2.21. The Morgan fingerprint density at radius 2 is 2.06 bits per heavy atom. The molecule has 1 aliphatic rings. The molecule has 1 saturated carbocycles. The standard InChI is InChI=1S/C14H22N2S/c1-17-14-9-5-4-8-12(14)13(16-15)10-11-6-2-3-7-11/h4-5,8-9,11,13,16H,2-3,6-7,10,15H2,1H3. The van der Waals surface area contributed by atoms with Gasteiger partial charge in [0.2, 0.25) is 0 Å². The van der Waals surface area contributed by atoms with Crippen LogP contribution in [0.4, 0.5) is 0 Å². The maximum absolute atomic E-state index is 5.75. The number of hydrogen-bond acceptors (Lipinski definition) is 3. The van der Waals surface area contributed by atoms with Gasteiger partial charge in [0.15, 0.2) is 0 Å². The molecule has 3 N–H and O–H groups in total. The number of thioether (sulfide) groups is 1. The summed E-state index contributed by atoms with van der Waals surface area (Å²) >= 11 is 1.80. The highest BCUT2D eigenvalue weighted by molar-refractivity contribution is 7.98. The van der Waals surface area contributed by atoms with Crippen LogP contribution in [0.25, 0.3) is 0 Å². The van der Waals surface area contributed by atoms with Gasteiger partial charge in [-0.2, -0.15) is 0 Å². The van der Waals surface area contributed by atoms with Crippen LogP contribution in [0.2, 0.25) is 0 Å². The summed E-state index contributed by atoms with van der Waals surface area (Å²) in [4.78, 5) is 1.34. The summed E-state index contributed by atoms with van der Waals surface area (Å²) in [5, 5.41) is 0. The van der Waals surface area contributed by atoms with Crippen LogP contribution < -0.4 is 11.3 Å². The van der Waals surface area contributed by atoms with Crippen molar-refractivity contribution < 1.29 is 0 Å². The van der Waals surface area contributed by atoms with Gasteiger partial charge in [0, 0.05) is 10.9 Å². The van der Waals surface area contributed by atoms with E-state index in [0.717, 1.165) is 5.92 Å². The third kappa shape index (κ3) is 3.24. The summed E-state index contributed by atoms with van der Waals surface area (Å²) in [5.74, 6) is 6.60. The van der Waals surface area contributed by atoms with Gasteiger partial charge in [0.25, 0.3) is 0 Å². The summed E-state index contributed by atoms with van der Waals surface area (Å²) in [6, 6.07) is 8.89. The minimum absolute atomic E-state index is 0.307. The molecule has 3 heteroatoms. The molecule has 1 unspecified atom stereocenters. The summed E-state index contributed by atoms with van der Waals surface area (Å²) in [6.07, 6.45) is 8.84. The maximum Gasteiger partial charge on any atom is 0.0473 e. The first-order valence-electron chi connectivity index (χ1n) is 6.44. The molecule has 0 saturated heterocycles. The summed E-state index contributed by atoms with van der Waals surface area (Å²) in [5.41, 5.74) is 4.36. The number of hydrogen-bond donors (Lipinski definition) is 2. The van der Waals surface area contributed by atoms with E-state index in [0.29, 0.717) is 6.04 Å². The first-order valence-corrected chi connectivity index (χ1v) is 7.66. The SMILES string of the molecule is CSc1ccccc1C(CC1CCCC1)NN. The monoisotopic (exact) mass is 250 g/mol. The third-order valence-corrected chi connectivity index (χ3v) is 4.57. The van der Waals surface area contributed by atoms with Crippen LogP contribution in [-0.4, -0.2) is 6.26 Å². The molecule has 1 aromatic carbocycles. The molecule has 1 fully saturated rings. The van der Waals surface area contributed by atoms with Crippen LogP contribution in [0.5, 0.6) is 0 Å². The van der Waals surface area contributed by atoms with Crippen LogP contribution in [0, 0.1) is 5.92 Å². The fourth-order valence-electron chi connectivity index (χ4n) is 2.82. The van der Waals surface area contributed by atoms with Crippen LogP contribution >= 0.6 is 11.8 Å². The zero-order valence-electron chi connectivity index (χ0n) is 10.5. The lowest BCUT2D eigenvalue weighted by atomic mass is 9.94. The Morgan fingerprint density at radius 3 is 2.71 bits per heavy atom. The van der Waals surface area contributed by atoms with Gasteiger partial charge < -0.3 is 0 Å². The van der Waals surface area contributed by atoms with Crippen molar-refractivity contribution in [3.05, 3.63) is 29.8 Å². The predicted molar refractivity (Wildman–Crippen MR) is 74.9 cm³/mol. The minimum atomic E-state index is 0.307. The van der Waals surface area contributed by atoms with E-state index in [-0.39, 0.29) is 0 Å². The van der Waals surface area contributed by atoms with E-state index in [2.05, 4.69) is 35.9 Å². The Morgan fingerprint density at radius 1 is 1.35 bits per heavy atom. The van der Waals surface area contributed by atoms with E-state index in [4.69, 9.17) is 5.84 Å². The number of nitrogens with one attached hydrogen (secondary N) is 1. The molecule has 2 nitrogen and oxygen atoms in total. The molecule has 17 heavy (non-hydrogen) atoms. The zero-order chi connectivity index (χ0) is 12.1. The summed E-state index contributed by atoms with van der Waals surface area (Å²) in [6.45, 7) is 0. The lowest BCUT2D eigenvalue weighted by Gasteiger charge is -2.22. The molecular formula is C14H22N2S. The van der Waals surface area contributed by atoms with Gasteiger partial charge in [-0.1, -0.05) is 43.9 Å². The number of rotatable bonds is 5. The number of benzene rings is 1. The van der Waals surface area contributed by atoms with Crippen LogP contribution in [0.15, 0.2) is 29.2 Å². The average molecular weight is 250 g/mol. The lowest BCUT2D eigenvalue weighted by Crippen LogP contribution is -2.29. The van der Waals surface area contributed by atoms with Crippen LogP contribution in [0.3, 0.4) is 0 Å². The summed E-state index contributed by atoms with van der Waals surface area (Å²) < 4.78 is 0. The normalized spacial score (nSPS) is 18.5. The fourth-order valence-corrected chi connectivity index (χ4v) is 3.48. The second-order valence-corrected chi connectivity index (χ2v) is 5.70. The highest BCUT2D eigenvalue weighted by Crippen LogP contribution is 2.35. The Balaban J connectivity index is 2.10. The quantitative estimate of drug-likeness (QED) is 0.477. The van der Waals surface area contributed by atoms with Crippen molar-refractivity contribution in [3.63, 3.8) is 0 Å². The number of hydrazine groups is 1. The molecule has 0 aliphatic heterocycles. The second kappa shape index (κ2) is 6.43. The maximum atomic E-state index is 5.75. The molecule has 1 aliphatic carbocycles. The van der Waals surface area contributed by atoms with Crippen molar-refractivity contribution in [1.82, 2.24) is 5.43 Å². The molecule has 0 spiro atoms. The van der Waals surface area contributed by atoms with Crippen LogP contribution in [0.1, 0.15) is 43.7 Å². The van der Waals surface area contributed by atoms with Crippen molar-refractivity contribution in [1.29, 1.82) is 0 Å². The van der Waals surface area contributed by atoms with Gasteiger partial charge in [-0.05, 0) is 30.2 Å². The van der Waals surface area contributed by atoms with E-state index in [1.807, 2.05) is 0 Å². The fraction of sp³-hybridized carbons (Fsp3) is 0.571. The van der Waals surface area contributed by atoms with Gasteiger partial charge in [0.05, 0.1) is 0 Å². The molecular weight excluding hydrogens is 228 g/mol. The smallest absolute Gasteiger partial charge is 0.0473 e. The molecule has 1 atom stereocenters. The first-order chi connectivity index (χ1) is 8.35. The molecule has 94 valence electrons. The van der Waals surface area contributed by atoms with E-state index in [1.165, 1.54) is 42.6 Å². The van der Waals surface area contributed by atoms with E-state index < -0.39 is 0 Å². The van der Waals surface area contributed by atoms with Crippen molar-refractivity contribution in [2.45, 2.75) is 43.0 Å². The Kier molecular flexibility index (Phi) is 4.89. The Hall–Kier alpha value is -0.510. The molecule has 2 rings (SSSR count). The molecule has 1 aromatic rings. The van der Waals surface area contributed by atoms with Crippen molar-refractivity contribution >= 4 is 11.8 Å². The molecule has 0 heterocycles. The van der Waals surface area contributed by atoms with E-state index in [9.17, 15) is 0 Å². The van der Waals surface area contributed by atoms with Gasteiger partial charge in [-0.3, -0.25) is 11.3 Å².